The molecule has 0 fully saturated rings. The lowest BCUT2D eigenvalue weighted by Gasteiger charge is -2.24. The lowest BCUT2D eigenvalue weighted by atomic mass is 9.98. The number of hydrogen-bond acceptors (Lipinski definition) is 3. The van der Waals surface area contributed by atoms with Gasteiger partial charge < -0.3 is 4.90 Å². The Balaban J connectivity index is 1.72. The van der Waals surface area contributed by atoms with Crippen molar-refractivity contribution in [2.75, 3.05) is 12.3 Å². The normalized spacial score (nSPS) is 18.8. The third-order valence-corrected chi connectivity index (χ3v) is 5.63. The molecule has 4 rings (SSSR count). The summed E-state index contributed by atoms with van der Waals surface area (Å²) in [6.07, 6.45) is 6.34. The van der Waals surface area contributed by atoms with Gasteiger partial charge in [0.2, 0.25) is 0 Å². The monoisotopic (exact) mass is 350 g/mol. The molecule has 0 aliphatic carbocycles. The molecule has 25 heavy (non-hydrogen) atoms. The van der Waals surface area contributed by atoms with Crippen LogP contribution in [0.25, 0.3) is 16.7 Å². The molecule has 4 nitrogen and oxygen atoms in total. The van der Waals surface area contributed by atoms with Crippen molar-refractivity contribution in [3.05, 3.63) is 78.5 Å². The summed E-state index contributed by atoms with van der Waals surface area (Å²) in [5.74, 6) is 0.619. The Bertz CT molecular complexity index is 972. The maximum Gasteiger partial charge on any atom is 0.255 e. The number of fused-ring (bicyclic) bond motifs is 1. The van der Waals surface area contributed by atoms with Crippen LogP contribution in [-0.4, -0.2) is 31.5 Å². The van der Waals surface area contributed by atoms with Crippen LogP contribution in [0.15, 0.2) is 77.3 Å². The average molecular weight is 350 g/mol. The van der Waals surface area contributed by atoms with Crippen LogP contribution in [0.5, 0.6) is 0 Å². The Hall–Kier alpha value is -2.66. The summed E-state index contributed by atoms with van der Waals surface area (Å²) in [5, 5.41) is 0. The van der Waals surface area contributed by atoms with E-state index < -0.39 is 10.0 Å². The first kappa shape index (κ1) is 15.8. The third-order valence-electron chi connectivity index (χ3n) is 4.37. The van der Waals surface area contributed by atoms with Gasteiger partial charge in [-0.05, 0) is 35.3 Å². The zero-order valence-corrected chi connectivity index (χ0v) is 14.5. The van der Waals surface area contributed by atoms with E-state index in [9.17, 15) is 8.42 Å². The van der Waals surface area contributed by atoms with E-state index in [1.165, 1.54) is 0 Å². The van der Waals surface area contributed by atoms with Crippen LogP contribution in [0.1, 0.15) is 12.0 Å². The largest absolute Gasteiger partial charge is 0.332 e. The van der Waals surface area contributed by atoms with Crippen LogP contribution in [0.4, 0.5) is 0 Å². The van der Waals surface area contributed by atoms with Crippen LogP contribution in [0.2, 0.25) is 0 Å². The van der Waals surface area contributed by atoms with Gasteiger partial charge in [-0.15, -0.1) is 4.40 Å². The first-order chi connectivity index (χ1) is 12.1. The van der Waals surface area contributed by atoms with Crippen molar-refractivity contribution in [1.29, 1.82) is 0 Å². The lowest BCUT2D eigenvalue weighted by Crippen LogP contribution is -2.28. The SMILES string of the molecule is O=S1(=O)CCCN2C=CC=C(c3ccc(-c4ccccc4)cc3)C2=N1. The van der Waals surface area contributed by atoms with Crippen molar-refractivity contribution in [3.63, 3.8) is 0 Å². The second kappa shape index (κ2) is 6.33. The number of amidine groups is 1. The minimum absolute atomic E-state index is 0.0983. The molecule has 0 aromatic heterocycles. The smallest absolute Gasteiger partial charge is 0.255 e. The van der Waals surface area contributed by atoms with Gasteiger partial charge in [0.05, 0.1) is 5.75 Å². The fourth-order valence-electron chi connectivity index (χ4n) is 3.12. The van der Waals surface area contributed by atoms with Gasteiger partial charge >= 0.3 is 0 Å². The van der Waals surface area contributed by atoms with E-state index in [0.717, 1.165) is 22.3 Å². The number of hydrogen-bond donors (Lipinski definition) is 0. The van der Waals surface area contributed by atoms with Crippen molar-refractivity contribution >= 4 is 21.4 Å². The molecule has 2 aliphatic rings. The van der Waals surface area contributed by atoms with E-state index in [1.54, 1.807) is 0 Å². The second-order valence-corrected chi connectivity index (χ2v) is 7.87. The van der Waals surface area contributed by atoms with Gasteiger partial charge in [0.15, 0.2) is 5.84 Å². The molecule has 2 aromatic carbocycles. The van der Waals surface area contributed by atoms with Gasteiger partial charge in [-0.1, -0.05) is 54.6 Å². The Morgan fingerprint density at radius 3 is 2.32 bits per heavy atom. The highest BCUT2D eigenvalue weighted by atomic mass is 32.2. The van der Waals surface area contributed by atoms with E-state index in [-0.39, 0.29) is 5.75 Å². The lowest BCUT2D eigenvalue weighted by molar-refractivity contribution is 0.554. The first-order valence-electron chi connectivity index (χ1n) is 8.26. The molecule has 0 radical (unpaired) electrons. The summed E-state index contributed by atoms with van der Waals surface area (Å²) in [6, 6.07) is 18.3. The quantitative estimate of drug-likeness (QED) is 0.830. The molecule has 0 saturated carbocycles. The highest BCUT2D eigenvalue weighted by molar-refractivity contribution is 7.90. The summed E-state index contributed by atoms with van der Waals surface area (Å²) < 4.78 is 28.2. The van der Waals surface area contributed by atoms with Gasteiger partial charge in [0.1, 0.15) is 0 Å². The Kier molecular flexibility index (Phi) is 4.01. The second-order valence-electron chi connectivity index (χ2n) is 6.11. The summed E-state index contributed by atoms with van der Waals surface area (Å²) in [6.45, 7) is 0.661. The van der Waals surface area contributed by atoms with Crippen LogP contribution in [0.3, 0.4) is 0 Å². The molecule has 2 aliphatic heterocycles. The fourth-order valence-corrected chi connectivity index (χ4v) is 4.17. The molecule has 0 N–H and O–H groups in total. The molecule has 2 heterocycles. The van der Waals surface area contributed by atoms with Gasteiger partial charge in [-0.3, -0.25) is 0 Å². The molecule has 0 unspecified atom stereocenters. The standard InChI is InChI=1S/C20H18N2O2S/c23-25(24)15-5-14-22-13-4-8-19(20(22)21-25)18-11-9-17(10-12-18)16-6-2-1-3-7-16/h1-4,6-13H,5,14-15H2. The number of rotatable bonds is 2. The van der Waals surface area contributed by atoms with Crippen molar-refractivity contribution in [2.24, 2.45) is 4.40 Å². The predicted molar refractivity (Wildman–Crippen MR) is 102 cm³/mol. The summed E-state index contributed by atoms with van der Waals surface area (Å²) in [4.78, 5) is 1.92. The first-order valence-corrected chi connectivity index (χ1v) is 9.87. The molecule has 2 aromatic rings. The van der Waals surface area contributed by atoms with Gasteiger partial charge in [0.25, 0.3) is 10.0 Å². The predicted octanol–water partition coefficient (Wildman–Crippen LogP) is 3.70. The summed E-state index contributed by atoms with van der Waals surface area (Å²) >= 11 is 0. The number of benzene rings is 2. The minimum atomic E-state index is -3.41. The van der Waals surface area contributed by atoms with Crippen molar-refractivity contribution < 1.29 is 8.42 Å². The van der Waals surface area contributed by atoms with Crippen LogP contribution >= 0.6 is 0 Å². The fraction of sp³-hybridized carbons (Fsp3) is 0.150. The summed E-state index contributed by atoms with van der Waals surface area (Å²) in [5.41, 5.74) is 4.09. The number of sulfonamides is 1. The van der Waals surface area contributed by atoms with Crippen molar-refractivity contribution in [3.8, 4) is 11.1 Å². The third kappa shape index (κ3) is 3.28. The molecular formula is C20H18N2O2S. The zero-order valence-electron chi connectivity index (χ0n) is 13.7. The molecular weight excluding hydrogens is 332 g/mol. The minimum Gasteiger partial charge on any atom is -0.332 e. The number of nitrogens with zero attached hydrogens (tertiary/aromatic N) is 2. The van der Waals surface area contributed by atoms with E-state index in [0.29, 0.717) is 18.8 Å². The topological polar surface area (TPSA) is 49.7 Å². The highest BCUT2D eigenvalue weighted by Gasteiger charge is 2.25. The molecule has 0 atom stereocenters. The molecule has 0 bridgehead atoms. The molecule has 5 heteroatoms. The van der Waals surface area contributed by atoms with Gasteiger partial charge in [-0.2, -0.15) is 0 Å². The Labute approximate surface area is 147 Å². The Morgan fingerprint density at radius 1 is 0.880 bits per heavy atom. The van der Waals surface area contributed by atoms with Crippen molar-refractivity contribution in [1.82, 2.24) is 4.90 Å². The summed E-state index contributed by atoms with van der Waals surface area (Å²) in [7, 11) is -3.41. The molecule has 0 spiro atoms. The molecule has 0 amide bonds. The van der Waals surface area contributed by atoms with E-state index >= 15 is 0 Å². The average Bonchev–Trinajstić information content (AvgIpc) is 2.79. The van der Waals surface area contributed by atoms with Crippen molar-refractivity contribution in [2.45, 2.75) is 6.42 Å². The number of allylic oxidation sites excluding steroid dienone is 2. The van der Waals surface area contributed by atoms with Gasteiger partial charge in [-0.25, -0.2) is 8.42 Å². The highest BCUT2D eigenvalue weighted by Crippen LogP contribution is 2.27. The zero-order chi connectivity index (χ0) is 17.3. The maximum absolute atomic E-state index is 12.1. The maximum atomic E-state index is 12.1. The molecule has 126 valence electrons. The van der Waals surface area contributed by atoms with Crippen LogP contribution < -0.4 is 0 Å². The van der Waals surface area contributed by atoms with Crippen LogP contribution in [0, 0.1) is 0 Å². The van der Waals surface area contributed by atoms with Gasteiger partial charge in [0, 0.05) is 18.3 Å². The van der Waals surface area contributed by atoms with E-state index in [1.807, 2.05) is 53.6 Å². The Morgan fingerprint density at radius 2 is 1.56 bits per heavy atom. The van der Waals surface area contributed by atoms with Crippen LogP contribution in [-0.2, 0) is 10.0 Å². The molecule has 0 saturated heterocycles. The van der Waals surface area contributed by atoms with E-state index in [4.69, 9.17) is 0 Å². The van der Waals surface area contributed by atoms with E-state index in [2.05, 4.69) is 28.7 Å².